The maximum Gasteiger partial charge on any atom is 0.320 e. The summed E-state index contributed by atoms with van der Waals surface area (Å²) >= 11 is 0. The largest absolute Gasteiger partial charge is 0.480 e. The number of hydrogen-bond donors (Lipinski definition) is 2. The summed E-state index contributed by atoms with van der Waals surface area (Å²) in [6, 6.07) is -0.982. The molecular formula is C26H36N4O4. The molecule has 8 atom stereocenters. The van der Waals surface area contributed by atoms with E-state index in [0.29, 0.717) is 29.9 Å². The Hall–Kier alpha value is -2.35. The molecule has 0 unspecified atom stereocenters. The van der Waals surface area contributed by atoms with Crippen LogP contribution in [0.4, 0.5) is 0 Å². The zero-order valence-electron chi connectivity index (χ0n) is 20.4. The van der Waals surface area contributed by atoms with Gasteiger partial charge >= 0.3 is 5.97 Å². The molecule has 0 bridgehead atoms. The number of ketones is 2. The van der Waals surface area contributed by atoms with Crippen molar-refractivity contribution in [2.75, 3.05) is 0 Å². The summed E-state index contributed by atoms with van der Waals surface area (Å²) in [7, 11) is 0. The first-order chi connectivity index (χ1) is 16.0. The summed E-state index contributed by atoms with van der Waals surface area (Å²) in [5, 5.41) is 18.0. The highest BCUT2D eigenvalue weighted by atomic mass is 16.4. The van der Waals surface area contributed by atoms with E-state index in [1.54, 1.807) is 6.92 Å². The number of Topliss-reactive ketones (excluding diaryl/α,β-unsaturated/α-hetero) is 1. The zero-order valence-corrected chi connectivity index (χ0v) is 20.4. The molecule has 1 heterocycles. The van der Waals surface area contributed by atoms with Crippen LogP contribution in [0.3, 0.4) is 0 Å². The van der Waals surface area contributed by atoms with Crippen LogP contribution in [-0.2, 0) is 20.8 Å². The molecule has 3 N–H and O–H groups in total. The van der Waals surface area contributed by atoms with Gasteiger partial charge in [-0.15, -0.1) is 5.10 Å². The first kappa shape index (κ1) is 23.4. The molecule has 3 saturated carbocycles. The van der Waals surface area contributed by atoms with Crippen molar-refractivity contribution in [3.8, 4) is 0 Å². The van der Waals surface area contributed by atoms with Gasteiger partial charge in [-0.2, -0.15) is 0 Å². The van der Waals surface area contributed by atoms with Crippen LogP contribution >= 0.6 is 0 Å². The Labute approximate surface area is 200 Å². The van der Waals surface area contributed by atoms with E-state index in [1.807, 2.05) is 17.0 Å². The molecule has 0 aromatic carbocycles. The van der Waals surface area contributed by atoms with Crippen molar-refractivity contribution in [1.29, 1.82) is 0 Å². The average molecular weight is 469 g/mol. The Morgan fingerprint density at radius 3 is 2.74 bits per heavy atom. The van der Waals surface area contributed by atoms with E-state index in [1.165, 1.54) is 5.57 Å². The number of carbonyl (C=O) groups is 3. The lowest BCUT2D eigenvalue weighted by Gasteiger charge is -2.60. The molecule has 0 radical (unpaired) electrons. The summed E-state index contributed by atoms with van der Waals surface area (Å²) in [4.78, 5) is 36.2. The molecule has 1 aromatic rings. The van der Waals surface area contributed by atoms with Crippen LogP contribution in [0.25, 0.3) is 0 Å². The number of carboxylic acid groups (broad SMARTS) is 1. The van der Waals surface area contributed by atoms with Crippen LogP contribution in [0.5, 0.6) is 0 Å². The fourth-order valence-corrected chi connectivity index (χ4v) is 8.49. The molecule has 8 nitrogen and oxygen atoms in total. The number of nitrogens with two attached hydrogens (primary N) is 1. The van der Waals surface area contributed by atoms with E-state index >= 15 is 0 Å². The van der Waals surface area contributed by atoms with Gasteiger partial charge in [-0.25, -0.2) is 4.68 Å². The predicted octanol–water partition coefficient (Wildman–Crippen LogP) is 3.12. The van der Waals surface area contributed by atoms with Crippen LogP contribution in [0.15, 0.2) is 17.8 Å². The molecule has 3 fully saturated rings. The second kappa shape index (κ2) is 8.11. The number of carbonyl (C=O) groups excluding carboxylic acids is 2. The summed E-state index contributed by atoms with van der Waals surface area (Å²) < 4.78 is 1.93. The van der Waals surface area contributed by atoms with E-state index in [0.717, 1.165) is 38.5 Å². The molecule has 1 aromatic heterocycles. The minimum absolute atomic E-state index is 0.0374. The molecule has 4 aliphatic rings. The van der Waals surface area contributed by atoms with Gasteiger partial charge in [0.1, 0.15) is 11.8 Å². The van der Waals surface area contributed by atoms with Gasteiger partial charge in [0.2, 0.25) is 0 Å². The van der Waals surface area contributed by atoms with Crippen molar-refractivity contribution >= 4 is 17.5 Å². The van der Waals surface area contributed by atoms with Crippen molar-refractivity contribution < 1.29 is 19.5 Å². The second-order valence-electron chi connectivity index (χ2n) is 11.7. The monoisotopic (exact) mass is 468 g/mol. The van der Waals surface area contributed by atoms with Crippen molar-refractivity contribution in [2.45, 2.75) is 84.2 Å². The molecule has 184 valence electrons. The Morgan fingerprint density at radius 2 is 2.03 bits per heavy atom. The molecule has 5 rings (SSSR count). The quantitative estimate of drug-likeness (QED) is 0.679. The van der Waals surface area contributed by atoms with Crippen molar-refractivity contribution in [3.05, 3.63) is 23.5 Å². The third-order valence-corrected chi connectivity index (χ3v) is 10.0. The van der Waals surface area contributed by atoms with Gasteiger partial charge < -0.3 is 10.8 Å². The summed E-state index contributed by atoms with van der Waals surface area (Å²) in [6.45, 7) is 6.36. The Kier molecular flexibility index (Phi) is 5.58. The number of rotatable bonds is 5. The number of fused-ring (bicyclic) bond motifs is 5. The SMILES string of the molecule is CC(=O)[C@H]1CC[C@H]2[C@@H]3CCC4=CC(=O)CC[C@]4(C)[C@H]3[C@@H](n3cc(C[C@H](N)C(=O)O)nn3)C[C@]12C. The van der Waals surface area contributed by atoms with Crippen molar-refractivity contribution in [2.24, 2.45) is 40.2 Å². The lowest BCUT2D eigenvalue weighted by atomic mass is 9.45. The highest BCUT2D eigenvalue weighted by Gasteiger charge is 2.63. The molecule has 4 aliphatic carbocycles. The Bertz CT molecular complexity index is 1060. The normalized spacial score (nSPS) is 40.1. The smallest absolute Gasteiger partial charge is 0.320 e. The third kappa shape index (κ3) is 3.48. The van der Waals surface area contributed by atoms with Crippen molar-refractivity contribution in [1.82, 2.24) is 15.0 Å². The van der Waals surface area contributed by atoms with Crippen LogP contribution in [-0.4, -0.2) is 43.7 Å². The lowest BCUT2D eigenvalue weighted by Crippen LogP contribution is -2.55. The first-order valence-corrected chi connectivity index (χ1v) is 12.7. The van der Waals surface area contributed by atoms with Crippen LogP contribution in [0, 0.1) is 34.5 Å². The molecule has 34 heavy (non-hydrogen) atoms. The van der Waals surface area contributed by atoms with Gasteiger partial charge in [0, 0.05) is 25.0 Å². The molecular weight excluding hydrogens is 432 g/mol. The fraction of sp³-hybridized carbons (Fsp3) is 0.731. The van der Waals surface area contributed by atoms with Gasteiger partial charge in [0.25, 0.3) is 0 Å². The van der Waals surface area contributed by atoms with E-state index in [4.69, 9.17) is 5.73 Å². The van der Waals surface area contributed by atoms with Crippen LogP contribution in [0.1, 0.15) is 77.5 Å². The van der Waals surface area contributed by atoms with Crippen LogP contribution in [0.2, 0.25) is 0 Å². The predicted molar refractivity (Wildman–Crippen MR) is 125 cm³/mol. The van der Waals surface area contributed by atoms with E-state index in [-0.39, 0.29) is 40.8 Å². The zero-order chi connectivity index (χ0) is 24.4. The van der Waals surface area contributed by atoms with Gasteiger partial charge in [0.05, 0.1) is 11.7 Å². The number of allylic oxidation sites excluding steroid dienone is 1. The van der Waals surface area contributed by atoms with Crippen molar-refractivity contribution in [3.63, 3.8) is 0 Å². The van der Waals surface area contributed by atoms with Crippen LogP contribution < -0.4 is 5.73 Å². The molecule has 0 aliphatic heterocycles. The summed E-state index contributed by atoms with van der Waals surface area (Å²) in [5.74, 6) is 0.749. The Balaban J connectivity index is 1.57. The maximum absolute atomic E-state index is 12.7. The number of nitrogens with zero attached hydrogens (tertiary/aromatic N) is 3. The van der Waals surface area contributed by atoms with E-state index < -0.39 is 12.0 Å². The molecule has 8 heteroatoms. The summed E-state index contributed by atoms with van der Waals surface area (Å²) in [5.41, 5.74) is 7.42. The highest BCUT2D eigenvalue weighted by molar-refractivity contribution is 5.91. The number of carboxylic acids is 1. The maximum atomic E-state index is 12.7. The average Bonchev–Trinajstić information content (AvgIpc) is 3.37. The van der Waals surface area contributed by atoms with Gasteiger partial charge in [-0.3, -0.25) is 14.4 Å². The van der Waals surface area contributed by atoms with Gasteiger partial charge in [-0.05, 0) is 80.1 Å². The lowest BCUT2D eigenvalue weighted by molar-refractivity contribution is -0.138. The van der Waals surface area contributed by atoms with E-state index in [2.05, 4.69) is 24.2 Å². The minimum Gasteiger partial charge on any atom is -0.480 e. The van der Waals surface area contributed by atoms with Gasteiger partial charge in [-0.1, -0.05) is 24.6 Å². The third-order valence-electron chi connectivity index (χ3n) is 10.0. The number of hydrogen-bond acceptors (Lipinski definition) is 6. The minimum atomic E-state index is -1.06. The van der Waals surface area contributed by atoms with E-state index in [9.17, 15) is 19.5 Å². The topological polar surface area (TPSA) is 128 Å². The Morgan fingerprint density at radius 1 is 1.26 bits per heavy atom. The van der Waals surface area contributed by atoms with Gasteiger partial charge in [0.15, 0.2) is 5.78 Å². The highest BCUT2D eigenvalue weighted by Crippen LogP contribution is 2.69. The molecule has 0 saturated heterocycles. The second-order valence-corrected chi connectivity index (χ2v) is 11.7. The fourth-order valence-electron chi connectivity index (χ4n) is 8.49. The first-order valence-electron chi connectivity index (χ1n) is 12.7. The standard InChI is InChI=1S/C26H36N4O4/c1-14(31)19-6-7-20-18-5-4-15-10-17(32)8-9-25(15,2)23(18)22(12-26(19,20)3)30-13-16(28-29-30)11-21(27)24(33)34/h10,13,18-23H,4-9,11-12,27H2,1-3H3,(H,33,34)/t18-,19+,20-,21-,22-,23+,25-,26+/m0/s1. The number of aliphatic carboxylic acids is 1. The summed E-state index contributed by atoms with van der Waals surface area (Å²) in [6.07, 6.45) is 10.2. The number of aromatic nitrogens is 3. The molecule has 0 amide bonds. The molecule has 0 spiro atoms.